The molecule has 0 fully saturated rings. The van der Waals surface area contributed by atoms with Crippen molar-refractivity contribution in [3.8, 4) is 23.4 Å². The van der Waals surface area contributed by atoms with Crippen LogP contribution in [0.3, 0.4) is 0 Å². The van der Waals surface area contributed by atoms with Gasteiger partial charge in [0.05, 0.1) is 11.8 Å². The van der Waals surface area contributed by atoms with Gasteiger partial charge in [0, 0.05) is 23.3 Å². The van der Waals surface area contributed by atoms with Crippen molar-refractivity contribution in [2.45, 2.75) is 6.92 Å². The molecule has 0 bridgehead atoms. The summed E-state index contributed by atoms with van der Waals surface area (Å²) in [6.07, 6.45) is 2.78. The largest absolute Gasteiger partial charge is 0.505 e. The summed E-state index contributed by atoms with van der Waals surface area (Å²) in [5, 5.41) is 18.1. The monoisotopic (exact) mass is 340 g/mol. The number of phenols is 1. The third-order valence-electron chi connectivity index (χ3n) is 3.11. The van der Waals surface area contributed by atoms with E-state index in [9.17, 15) is 13.9 Å². The van der Waals surface area contributed by atoms with Crippen molar-refractivity contribution in [1.29, 1.82) is 5.26 Å². The number of rotatable bonds is 5. The van der Waals surface area contributed by atoms with Crippen molar-refractivity contribution in [3.05, 3.63) is 78.0 Å². The summed E-state index contributed by atoms with van der Waals surface area (Å²) in [5.41, 5.74) is 0.627. The van der Waals surface area contributed by atoms with E-state index in [1.807, 2.05) is 6.07 Å². The maximum absolute atomic E-state index is 13.8. The Bertz CT molecular complexity index is 908. The number of nitrogens with zero attached hydrogens (tertiary/aromatic N) is 2. The van der Waals surface area contributed by atoms with E-state index < -0.39 is 17.4 Å². The van der Waals surface area contributed by atoms with Crippen LogP contribution in [0.1, 0.15) is 12.6 Å². The van der Waals surface area contributed by atoms with E-state index in [0.717, 1.165) is 12.1 Å². The molecule has 6 heteroatoms. The lowest BCUT2D eigenvalue weighted by Gasteiger charge is -2.08. The van der Waals surface area contributed by atoms with E-state index in [1.165, 1.54) is 31.2 Å². The maximum Gasteiger partial charge on any atom is 0.219 e. The van der Waals surface area contributed by atoms with Gasteiger partial charge in [-0.15, -0.1) is 0 Å². The molecule has 2 rings (SSSR count). The number of aromatic nitrogens is 1. The first-order chi connectivity index (χ1) is 11.9. The molecule has 0 amide bonds. The van der Waals surface area contributed by atoms with Crippen LogP contribution >= 0.6 is 0 Å². The van der Waals surface area contributed by atoms with Gasteiger partial charge in [0.15, 0.2) is 11.6 Å². The molecule has 0 saturated carbocycles. The molecule has 0 unspecified atom stereocenters. The van der Waals surface area contributed by atoms with Crippen LogP contribution in [0.2, 0.25) is 0 Å². The van der Waals surface area contributed by atoms with Crippen molar-refractivity contribution < 1.29 is 18.6 Å². The van der Waals surface area contributed by atoms with E-state index in [-0.39, 0.29) is 28.5 Å². The Hall–Kier alpha value is -3.46. The number of halogens is 2. The molecule has 1 heterocycles. The molecule has 4 nitrogen and oxygen atoms in total. The van der Waals surface area contributed by atoms with Gasteiger partial charge in [-0.25, -0.2) is 13.8 Å². The smallest absolute Gasteiger partial charge is 0.219 e. The molecule has 0 atom stereocenters. The summed E-state index contributed by atoms with van der Waals surface area (Å²) in [6.45, 7) is 4.76. The van der Waals surface area contributed by atoms with E-state index in [1.54, 1.807) is 12.1 Å². The highest BCUT2D eigenvalue weighted by atomic mass is 19.1. The average molecular weight is 340 g/mol. The van der Waals surface area contributed by atoms with Gasteiger partial charge >= 0.3 is 0 Å². The Labute approximate surface area is 143 Å². The highest BCUT2D eigenvalue weighted by Gasteiger charge is 2.08. The minimum Gasteiger partial charge on any atom is -0.505 e. The van der Waals surface area contributed by atoms with Crippen molar-refractivity contribution in [3.63, 3.8) is 0 Å². The summed E-state index contributed by atoms with van der Waals surface area (Å²) >= 11 is 0. The highest BCUT2D eigenvalue weighted by molar-refractivity contribution is 5.74. The van der Waals surface area contributed by atoms with Gasteiger partial charge in [-0.1, -0.05) is 12.6 Å². The predicted octanol–water partition coefficient (Wildman–Crippen LogP) is 5.06. The van der Waals surface area contributed by atoms with Gasteiger partial charge < -0.3 is 9.84 Å². The van der Waals surface area contributed by atoms with Crippen LogP contribution in [0, 0.1) is 17.1 Å². The lowest BCUT2D eigenvalue weighted by Crippen LogP contribution is -1.93. The molecule has 0 saturated heterocycles. The molecule has 2 aromatic rings. The molecule has 0 aliphatic heterocycles. The quantitative estimate of drug-likeness (QED) is 0.610. The number of allylic oxidation sites excluding steroid dienone is 5. The predicted molar refractivity (Wildman–Crippen MR) is 90.0 cm³/mol. The molecule has 0 spiro atoms. The lowest BCUT2D eigenvalue weighted by atomic mass is 10.1. The van der Waals surface area contributed by atoms with Crippen LogP contribution in [0.4, 0.5) is 8.78 Å². The Balaban J connectivity index is 2.32. The topological polar surface area (TPSA) is 66.1 Å². The highest BCUT2D eigenvalue weighted by Crippen LogP contribution is 2.27. The van der Waals surface area contributed by atoms with Gasteiger partial charge in [-0.2, -0.15) is 5.26 Å². The van der Waals surface area contributed by atoms with Crippen LogP contribution in [-0.2, 0) is 0 Å². The number of aromatic hydroxyl groups is 1. The molecule has 0 aliphatic carbocycles. The molecule has 0 aliphatic rings. The van der Waals surface area contributed by atoms with Crippen molar-refractivity contribution >= 4 is 5.57 Å². The number of benzene rings is 1. The standard InChI is InChI=1S/C19H14F2N2O2/c1-12(11-22)6-8-15(13(2)20)17-4-3-5-19(23-17)25-14-7-9-16(21)18(24)10-14/h3-10,24H,1H2,2H3/b8-6-,15-13-. The zero-order valence-corrected chi connectivity index (χ0v) is 13.3. The van der Waals surface area contributed by atoms with Crippen LogP contribution < -0.4 is 4.74 Å². The van der Waals surface area contributed by atoms with E-state index in [2.05, 4.69) is 11.6 Å². The van der Waals surface area contributed by atoms with Gasteiger partial charge in [0.1, 0.15) is 11.6 Å². The Morgan fingerprint density at radius 1 is 1.32 bits per heavy atom. The molecule has 1 aromatic heterocycles. The number of phenolic OH excluding ortho intramolecular Hbond substituents is 1. The van der Waals surface area contributed by atoms with Crippen LogP contribution in [0.5, 0.6) is 17.4 Å². The molecular formula is C19H14F2N2O2. The molecule has 126 valence electrons. The number of nitriles is 1. The fourth-order valence-electron chi connectivity index (χ4n) is 1.90. The number of ether oxygens (including phenoxy) is 1. The lowest BCUT2D eigenvalue weighted by molar-refractivity contribution is 0.418. The summed E-state index contributed by atoms with van der Waals surface area (Å²) in [4.78, 5) is 4.19. The Kier molecular flexibility index (Phi) is 5.64. The molecular weight excluding hydrogens is 326 g/mol. The zero-order valence-electron chi connectivity index (χ0n) is 13.3. The maximum atomic E-state index is 13.8. The van der Waals surface area contributed by atoms with Crippen LogP contribution in [0.15, 0.2) is 66.5 Å². The van der Waals surface area contributed by atoms with Gasteiger partial charge in [-0.3, -0.25) is 0 Å². The molecule has 25 heavy (non-hydrogen) atoms. The zero-order chi connectivity index (χ0) is 18.4. The molecule has 1 aromatic carbocycles. The third-order valence-corrected chi connectivity index (χ3v) is 3.11. The van der Waals surface area contributed by atoms with E-state index in [4.69, 9.17) is 10.00 Å². The SMILES string of the molecule is C=C(C#N)/C=C\C(=C(/C)F)c1cccc(Oc2ccc(F)c(O)c2)n1. The minimum absolute atomic E-state index is 0.134. The number of pyridine rings is 1. The second kappa shape index (κ2) is 7.88. The molecule has 0 radical (unpaired) electrons. The molecule has 1 N–H and O–H groups in total. The normalized spacial score (nSPS) is 11.8. The fourth-order valence-corrected chi connectivity index (χ4v) is 1.90. The van der Waals surface area contributed by atoms with Crippen molar-refractivity contribution in [1.82, 2.24) is 4.98 Å². The van der Waals surface area contributed by atoms with Crippen molar-refractivity contribution in [2.24, 2.45) is 0 Å². The first-order valence-corrected chi connectivity index (χ1v) is 7.18. The Morgan fingerprint density at radius 3 is 2.72 bits per heavy atom. The van der Waals surface area contributed by atoms with Gasteiger partial charge in [-0.05, 0) is 37.3 Å². The van der Waals surface area contributed by atoms with Crippen LogP contribution in [0.25, 0.3) is 5.57 Å². The van der Waals surface area contributed by atoms with E-state index >= 15 is 0 Å². The second-order valence-electron chi connectivity index (χ2n) is 4.99. The number of hydrogen-bond donors (Lipinski definition) is 1. The second-order valence-corrected chi connectivity index (χ2v) is 4.99. The van der Waals surface area contributed by atoms with Gasteiger partial charge in [0.25, 0.3) is 0 Å². The summed E-state index contributed by atoms with van der Waals surface area (Å²) in [6, 6.07) is 10.1. The average Bonchev–Trinajstić information content (AvgIpc) is 2.58. The Morgan fingerprint density at radius 2 is 2.08 bits per heavy atom. The minimum atomic E-state index is -0.768. The fraction of sp³-hybridized carbons (Fsp3) is 0.0526. The first-order valence-electron chi connectivity index (χ1n) is 7.18. The first kappa shape index (κ1) is 17.9. The number of hydrogen-bond acceptors (Lipinski definition) is 4. The van der Waals surface area contributed by atoms with E-state index in [0.29, 0.717) is 0 Å². The summed E-state index contributed by atoms with van der Waals surface area (Å²) in [7, 11) is 0. The van der Waals surface area contributed by atoms with Crippen LogP contribution in [-0.4, -0.2) is 10.1 Å². The third kappa shape index (κ3) is 4.75. The summed E-state index contributed by atoms with van der Waals surface area (Å²) in [5.74, 6) is -1.50. The summed E-state index contributed by atoms with van der Waals surface area (Å²) < 4.78 is 32.3. The van der Waals surface area contributed by atoms with Crippen molar-refractivity contribution in [2.75, 3.05) is 0 Å². The van der Waals surface area contributed by atoms with Gasteiger partial charge in [0.2, 0.25) is 5.88 Å².